The van der Waals surface area contributed by atoms with Gasteiger partial charge in [0.15, 0.2) is 0 Å². The molecule has 3 aliphatic heterocycles. The molecule has 1 aromatic carbocycles. The molecule has 3 aliphatic rings. The number of carbonyl (C=O) groups excluding carboxylic acids is 2. The Morgan fingerprint density at radius 2 is 1.73 bits per heavy atom. The Bertz CT molecular complexity index is 648. The van der Waals surface area contributed by atoms with Gasteiger partial charge in [-0.05, 0) is 56.1 Å². The number of nitrogens with one attached hydrogen (secondary N) is 2. The monoisotopic (exact) mass is 356 g/mol. The van der Waals surface area contributed by atoms with Gasteiger partial charge < -0.3 is 10.2 Å². The van der Waals surface area contributed by atoms with Crippen LogP contribution in [-0.2, 0) is 9.59 Å². The van der Waals surface area contributed by atoms with E-state index in [1.54, 1.807) is 0 Å². The predicted molar refractivity (Wildman–Crippen MR) is 101 cm³/mol. The third kappa shape index (κ3) is 3.91. The van der Waals surface area contributed by atoms with Gasteiger partial charge in [-0.15, -0.1) is 0 Å². The molecule has 0 aliphatic carbocycles. The van der Waals surface area contributed by atoms with E-state index in [1.807, 2.05) is 12.1 Å². The largest absolute Gasteiger partial charge is 0.369 e. The number of benzene rings is 1. The SMILES string of the molecule is O=C1CCC(c2ccc(N3CCN(CCC4CNC4)CC3)cc2)C(=O)N1. The van der Waals surface area contributed by atoms with Crippen molar-refractivity contribution in [3.05, 3.63) is 29.8 Å². The first-order valence-corrected chi connectivity index (χ1v) is 9.81. The first kappa shape index (κ1) is 17.5. The van der Waals surface area contributed by atoms with Gasteiger partial charge in [0, 0.05) is 38.3 Å². The molecule has 4 rings (SSSR count). The van der Waals surface area contributed by atoms with E-state index in [0.717, 1.165) is 37.7 Å². The fourth-order valence-electron chi connectivity index (χ4n) is 4.08. The van der Waals surface area contributed by atoms with Gasteiger partial charge in [0.05, 0.1) is 5.92 Å². The van der Waals surface area contributed by atoms with Crippen LogP contribution in [0.3, 0.4) is 0 Å². The molecule has 26 heavy (non-hydrogen) atoms. The molecule has 1 unspecified atom stereocenters. The van der Waals surface area contributed by atoms with Crippen LogP contribution in [0.1, 0.15) is 30.7 Å². The second kappa shape index (κ2) is 7.76. The maximum absolute atomic E-state index is 12.0. The van der Waals surface area contributed by atoms with Gasteiger partial charge in [0.25, 0.3) is 0 Å². The Morgan fingerprint density at radius 1 is 1.00 bits per heavy atom. The fraction of sp³-hybridized carbons (Fsp3) is 0.600. The molecular weight excluding hydrogens is 328 g/mol. The van der Waals surface area contributed by atoms with E-state index in [1.165, 1.54) is 31.7 Å². The molecule has 140 valence electrons. The average Bonchev–Trinajstić information content (AvgIpc) is 2.61. The number of piperazine rings is 1. The lowest BCUT2D eigenvalue weighted by atomic mass is 9.90. The molecule has 0 aromatic heterocycles. The van der Waals surface area contributed by atoms with E-state index in [4.69, 9.17) is 0 Å². The summed E-state index contributed by atoms with van der Waals surface area (Å²) >= 11 is 0. The first-order valence-electron chi connectivity index (χ1n) is 9.81. The van der Waals surface area contributed by atoms with Crippen molar-refractivity contribution in [2.45, 2.75) is 25.2 Å². The third-order valence-electron chi connectivity index (χ3n) is 5.99. The molecule has 3 fully saturated rings. The van der Waals surface area contributed by atoms with Gasteiger partial charge in [-0.1, -0.05) is 12.1 Å². The maximum Gasteiger partial charge on any atom is 0.234 e. The lowest BCUT2D eigenvalue weighted by molar-refractivity contribution is -0.134. The number of piperidine rings is 1. The Labute approximate surface area is 154 Å². The zero-order valence-corrected chi connectivity index (χ0v) is 15.2. The van der Waals surface area contributed by atoms with Crippen LogP contribution >= 0.6 is 0 Å². The summed E-state index contributed by atoms with van der Waals surface area (Å²) in [5.41, 5.74) is 2.23. The van der Waals surface area contributed by atoms with Crippen LogP contribution in [0, 0.1) is 5.92 Å². The Morgan fingerprint density at radius 3 is 2.35 bits per heavy atom. The first-order chi connectivity index (χ1) is 12.7. The number of rotatable bonds is 5. The summed E-state index contributed by atoms with van der Waals surface area (Å²) in [6, 6.07) is 8.33. The van der Waals surface area contributed by atoms with Crippen LogP contribution in [-0.4, -0.2) is 62.5 Å². The molecule has 3 heterocycles. The molecular formula is C20H28N4O2. The molecule has 0 spiro atoms. The van der Waals surface area contributed by atoms with E-state index in [0.29, 0.717) is 12.8 Å². The minimum absolute atomic E-state index is 0.158. The van der Waals surface area contributed by atoms with Crippen molar-refractivity contribution < 1.29 is 9.59 Å². The topological polar surface area (TPSA) is 64.7 Å². The van der Waals surface area contributed by atoms with E-state index in [2.05, 4.69) is 32.6 Å². The highest BCUT2D eigenvalue weighted by atomic mass is 16.2. The molecule has 0 bridgehead atoms. The quantitative estimate of drug-likeness (QED) is 0.769. The summed E-state index contributed by atoms with van der Waals surface area (Å²) < 4.78 is 0. The van der Waals surface area contributed by atoms with Crippen LogP contribution in [0.4, 0.5) is 5.69 Å². The molecule has 1 aromatic rings. The lowest BCUT2D eigenvalue weighted by Gasteiger charge is -2.37. The van der Waals surface area contributed by atoms with E-state index in [-0.39, 0.29) is 17.7 Å². The van der Waals surface area contributed by atoms with Gasteiger partial charge in [0.2, 0.25) is 11.8 Å². The smallest absolute Gasteiger partial charge is 0.234 e. The summed E-state index contributed by atoms with van der Waals surface area (Å²) in [5, 5.41) is 5.78. The van der Waals surface area contributed by atoms with Gasteiger partial charge in [-0.3, -0.25) is 19.8 Å². The number of anilines is 1. The number of amides is 2. The summed E-state index contributed by atoms with van der Waals surface area (Å²) in [5.74, 6) is 0.367. The summed E-state index contributed by atoms with van der Waals surface area (Å²) in [6.07, 6.45) is 2.35. The van der Waals surface area contributed by atoms with Crippen LogP contribution < -0.4 is 15.5 Å². The number of hydrogen-bond donors (Lipinski definition) is 2. The highest BCUT2D eigenvalue weighted by molar-refractivity contribution is 6.00. The van der Waals surface area contributed by atoms with Crippen molar-refractivity contribution in [3.63, 3.8) is 0 Å². The van der Waals surface area contributed by atoms with Crippen molar-refractivity contribution in [2.75, 3.05) is 50.7 Å². The molecule has 6 nitrogen and oxygen atoms in total. The average molecular weight is 356 g/mol. The Kier molecular flexibility index (Phi) is 5.22. The number of hydrogen-bond acceptors (Lipinski definition) is 5. The fourth-order valence-corrected chi connectivity index (χ4v) is 4.08. The molecule has 2 amide bonds. The Hall–Kier alpha value is -1.92. The standard InChI is InChI=1S/C20H28N4O2/c25-19-6-5-18(20(26)22-19)16-1-3-17(4-2-16)24-11-9-23(10-12-24)8-7-15-13-21-14-15/h1-4,15,18,21H,5-14H2,(H,22,25,26). The summed E-state index contributed by atoms with van der Waals surface area (Å²) in [4.78, 5) is 28.3. The number of carbonyl (C=O) groups is 2. The van der Waals surface area contributed by atoms with Crippen LogP contribution in [0.5, 0.6) is 0 Å². The number of nitrogens with zero attached hydrogens (tertiary/aromatic N) is 2. The molecule has 3 saturated heterocycles. The van der Waals surface area contributed by atoms with Crippen LogP contribution in [0.2, 0.25) is 0 Å². The van der Waals surface area contributed by atoms with Crippen LogP contribution in [0.25, 0.3) is 0 Å². The van der Waals surface area contributed by atoms with E-state index < -0.39 is 0 Å². The zero-order valence-electron chi connectivity index (χ0n) is 15.2. The van der Waals surface area contributed by atoms with Gasteiger partial charge in [0.1, 0.15) is 0 Å². The van der Waals surface area contributed by atoms with Gasteiger partial charge in [-0.25, -0.2) is 0 Å². The van der Waals surface area contributed by atoms with Gasteiger partial charge in [-0.2, -0.15) is 0 Å². The second-order valence-corrected chi connectivity index (χ2v) is 7.74. The van der Waals surface area contributed by atoms with Crippen molar-refractivity contribution in [1.29, 1.82) is 0 Å². The van der Waals surface area contributed by atoms with E-state index in [9.17, 15) is 9.59 Å². The van der Waals surface area contributed by atoms with Crippen molar-refractivity contribution in [3.8, 4) is 0 Å². The molecule has 0 saturated carbocycles. The van der Waals surface area contributed by atoms with Gasteiger partial charge >= 0.3 is 0 Å². The second-order valence-electron chi connectivity index (χ2n) is 7.74. The predicted octanol–water partition coefficient (Wildman–Crippen LogP) is 0.938. The summed E-state index contributed by atoms with van der Waals surface area (Å²) in [6.45, 7) is 7.96. The molecule has 1 atom stereocenters. The molecule has 0 radical (unpaired) electrons. The highest BCUT2D eigenvalue weighted by Gasteiger charge is 2.28. The Balaban J connectivity index is 1.29. The number of imide groups is 1. The minimum Gasteiger partial charge on any atom is -0.369 e. The van der Waals surface area contributed by atoms with E-state index >= 15 is 0 Å². The highest BCUT2D eigenvalue weighted by Crippen LogP contribution is 2.27. The molecule has 6 heteroatoms. The van der Waals surface area contributed by atoms with Crippen molar-refractivity contribution in [1.82, 2.24) is 15.5 Å². The van der Waals surface area contributed by atoms with Crippen LogP contribution in [0.15, 0.2) is 24.3 Å². The minimum atomic E-state index is -0.195. The third-order valence-corrected chi connectivity index (χ3v) is 5.99. The molecule has 2 N–H and O–H groups in total. The van der Waals surface area contributed by atoms with Crippen molar-refractivity contribution >= 4 is 17.5 Å². The maximum atomic E-state index is 12.0. The summed E-state index contributed by atoms with van der Waals surface area (Å²) in [7, 11) is 0. The lowest BCUT2D eigenvalue weighted by Crippen LogP contribution is -2.48. The van der Waals surface area contributed by atoms with Crippen molar-refractivity contribution in [2.24, 2.45) is 5.92 Å². The zero-order chi connectivity index (χ0) is 17.9. The normalized spacial score (nSPS) is 25.1.